The van der Waals surface area contributed by atoms with E-state index < -0.39 is 9.84 Å². The monoisotopic (exact) mass is 393 g/mol. The summed E-state index contributed by atoms with van der Waals surface area (Å²) in [5, 5.41) is 9.48. The molecule has 3 heterocycles. The van der Waals surface area contributed by atoms with Gasteiger partial charge in [0, 0.05) is 6.54 Å². The van der Waals surface area contributed by atoms with E-state index in [4.69, 9.17) is 0 Å². The Morgan fingerprint density at radius 1 is 1.31 bits per heavy atom. The Kier molecular flexibility index (Phi) is 4.88. The number of carbonyl (C=O) groups is 1. The predicted molar refractivity (Wildman–Crippen MR) is 102 cm³/mol. The van der Waals surface area contributed by atoms with Crippen molar-refractivity contribution in [3.8, 4) is 10.6 Å². The molecule has 2 aromatic heterocycles. The van der Waals surface area contributed by atoms with Crippen LogP contribution in [0, 0.1) is 5.92 Å². The number of nitrogens with one attached hydrogen (secondary N) is 1. The fraction of sp³-hybridized carbons (Fsp3) is 0.556. The first-order valence-electron chi connectivity index (χ1n) is 9.14. The van der Waals surface area contributed by atoms with Gasteiger partial charge in [0.15, 0.2) is 15.5 Å². The Balaban J connectivity index is 1.57. The topological polar surface area (TPSA) is 81.1 Å². The van der Waals surface area contributed by atoms with Crippen LogP contribution in [0.4, 0.5) is 0 Å². The van der Waals surface area contributed by atoms with Gasteiger partial charge in [-0.05, 0) is 42.7 Å². The minimum atomic E-state index is -3.02. The normalized spacial score (nSPS) is 22.7. The number of nitrogens with zero attached hydrogens (tertiary/aromatic N) is 2. The van der Waals surface area contributed by atoms with E-state index in [0.717, 1.165) is 10.6 Å². The van der Waals surface area contributed by atoms with Crippen molar-refractivity contribution in [3.05, 3.63) is 29.3 Å². The van der Waals surface area contributed by atoms with Crippen molar-refractivity contribution < 1.29 is 13.2 Å². The summed E-state index contributed by atoms with van der Waals surface area (Å²) in [6.45, 7) is 0.692. The highest BCUT2D eigenvalue weighted by Gasteiger charge is 2.32. The standard InChI is InChI=1S/C18H23N3O3S2/c22-18(19-11-13-4-1-2-5-13)15-10-16(17-6-3-8-25-17)21(20-15)14-7-9-26(23,24)12-14/h3,6,8,10,13-14H,1-2,4-5,7,9,11-12H2,(H,19,22). The van der Waals surface area contributed by atoms with Crippen LogP contribution < -0.4 is 5.32 Å². The molecule has 0 aromatic carbocycles. The zero-order chi connectivity index (χ0) is 18.1. The van der Waals surface area contributed by atoms with Crippen LogP contribution in [0.15, 0.2) is 23.6 Å². The molecule has 1 saturated heterocycles. The molecule has 6 nitrogen and oxygen atoms in total. The van der Waals surface area contributed by atoms with E-state index in [-0.39, 0.29) is 23.5 Å². The Morgan fingerprint density at radius 3 is 2.77 bits per heavy atom. The van der Waals surface area contributed by atoms with E-state index in [0.29, 0.717) is 24.6 Å². The van der Waals surface area contributed by atoms with Gasteiger partial charge in [-0.2, -0.15) is 5.10 Å². The number of amides is 1. The number of aromatic nitrogens is 2. The van der Waals surface area contributed by atoms with Gasteiger partial charge in [-0.3, -0.25) is 9.48 Å². The van der Waals surface area contributed by atoms with Crippen LogP contribution in [-0.2, 0) is 9.84 Å². The molecule has 0 spiro atoms. The first-order valence-corrected chi connectivity index (χ1v) is 11.8. The molecule has 26 heavy (non-hydrogen) atoms. The van der Waals surface area contributed by atoms with Crippen molar-refractivity contribution in [2.75, 3.05) is 18.1 Å². The van der Waals surface area contributed by atoms with E-state index in [2.05, 4.69) is 10.4 Å². The van der Waals surface area contributed by atoms with E-state index in [1.54, 1.807) is 22.1 Å². The third-order valence-electron chi connectivity index (χ3n) is 5.32. The lowest BCUT2D eigenvalue weighted by Gasteiger charge is -2.12. The van der Waals surface area contributed by atoms with Gasteiger partial charge in [-0.25, -0.2) is 8.42 Å². The van der Waals surface area contributed by atoms with Crippen LogP contribution >= 0.6 is 11.3 Å². The van der Waals surface area contributed by atoms with E-state index in [9.17, 15) is 13.2 Å². The molecule has 2 aromatic rings. The first kappa shape index (κ1) is 17.7. The molecule has 1 atom stereocenters. The summed E-state index contributed by atoms with van der Waals surface area (Å²) in [5.41, 5.74) is 1.20. The largest absolute Gasteiger partial charge is 0.350 e. The summed E-state index contributed by atoms with van der Waals surface area (Å²) in [6, 6.07) is 5.51. The second kappa shape index (κ2) is 7.15. The average Bonchev–Trinajstić information content (AvgIpc) is 3.37. The lowest BCUT2D eigenvalue weighted by Crippen LogP contribution is -2.29. The van der Waals surface area contributed by atoms with Gasteiger partial charge in [-0.15, -0.1) is 11.3 Å². The molecular weight excluding hydrogens is 370 g/mol. The van der Waals surface area contributed by atoms with Crippen LogP contribution in [-0.4, -0.2) is 42.2 Å². The Labute approximate surface area is 157 Å². The molecule has 0 radical (unpaired) electrons. The van der Waals surface area contributed by atoms with Crippen LogP contribution in [0.1, 0.15) is 48.6 Å². The summed E-state index contributed by atoms with van der Waals surface area (Å²) in [5.74, 6) is 0.674. The molecule has 1 aliphatic carbocycles. The van der Waals surface area contributed by atoms with Gasteiger partial charge in [0.2, 0.25) is 0 Å². The minimum Gasteiger partial charge on any atom is -0.350 e. The molecule has 1 aliphatic heterocycles. The zero-order valence-electron chi connectivity index (χ0n) is 14.6. The first-order chi connectivity index (χ1) is 12.5. The third-order valence-corrected chi connectivity index (χ3v) is 7.97. The van der Waals surface area contributed by atoms with Crippen molar-refractivity contribution in [3.63, 3.8) is 0 Å². The van der Waals surface area contributed by atoms with Crippen LogP contribution in [0.5, 0.6) is 0 Å². The fourth-order valence-corrected chi connectivity index (χ4v) is 6.33. The number of hydrogen-bond donors (Lipinski definition) is 1. The average molecular weight is 394 g/mol. The van der Waals surface area contributed by atoms with Gasteiger partial charge >= 0.3 is 0 Å². The summed E-state index contributed by atoms with van der Waals surface area (Å²) in [7, 11) is -3.02. The number of thiophene rings is 1. The van der Waals surface area contributed by atoms with Crippen LogP contribution in [0.25, 0.3) is 10.6 Å². The second-order valence-corrected chi connectivity index (χ2v) is 10.4. The predicted octanol–water partition coefficient (Wildman–Crippen LogP) is 2.89. The molecule has 140 valence electrons. The van der Waals surface area contributed by atoms with Gasteiger partial charge < -0.3 is 5.32 Å². The molecule has 4 rings (SSSR count). The highest BCUT2D eigenvalue weighted by molar-refractivity contribution is 7.91. The zero-order valence-corrected chi connectivity index (χ0v) is 16.2. The smallest absolute Gasteiger partial charge is 0.271 e. The second-order valence-electron chi connectivity index (χ2n) is 7.25. The number of rotatable bonds is 5. The lowest BCUT2D eigenvalue weighted by atomic mass is 10.1. The Hall–Kier alpha value is -1.67. The number of hydrogen-bond acceptors (Lipinski definition) is 5. The van der Waals surface area contributed by atoms with Crippen molar-refractivity contribution in [1.29, 1.82) is 0 Å². The fourth-order valence-electron chi connectivity index (χ4n) is 3.90. The summed E-state index contributed by atoms with van der Waals surface area (Å²) >= 11 is 1.57. The molecule has 1 N–H and O–H groups in total. The van der Waals surface area contributed by atoms with Gasteiger partial charge in [0.05, 0.1) is 28.1 Å². The quantitative estimate of drug-likeness (QED) is 0.847. The van der Waals surface area contributed by atoms with E-state index in [1.165, 1.54) is 25.7 Å². The van der Waals surface area contributed by atoms with Gasteiger partial charge in [-0.1, -0.05) is 18.9 Å². The molecule has 2 aliphatic rings. The number of sulfone groups is 1. The molecule has 1 amide bonds. The molecule has 2 fully saturated rings. The van der Waals surface area contributed by atoms with Crippen LogP contribution in [0.2, 0.25) is 0 Å². The molecular formula is C18H23N3O3S2. The van der Waals surface area contributed by atoms with Gasteiger partial charge in [0.25, 0.3) is 5.91 Å². The van der Waals surface area contributed by atoms with Crippen molar-refractivity contribution >= 4 is 27.1 Å². The van der Waals surface area contributed by atoms with Crippen molar-refractivity contribution in [2.24, 2.45) is 5.92 Å². The highest BCUT2D eigenvalue weighted by Crippen LogP contribution is 2.32. The summed E-state index contributed by atoms with van der Waals surface area (Å²) < 4.78 is 25.5. The maximum absolute atomic E-state index is 12.6. The van der Waals surface area contributed by atoms with E-state index >= 15 is 0 Å². The Morgan fingerprint density at radius 2 is 2.12 bits per heavy atom. The van der Waals surface area contributed by atoms with E-state index in [1.807, 2.05) is 17.5 Å². The van der Waals surface area contributed by atoms with Crippen molar-refractivity contribution in [1.82, 2.24) is 15.1 Å². The van der Waals surface area contributed by atoms with Crippen molar-refractivity contribution in [2.45, 2.75) is 38.1 Å². The summed E-state index contributed by atoms with van der Waals surface area (Å²) in [4.78, 5) is 13.6. The number of carbonyl (C=O) groups excluding carboxylic acids is 1. The third kappa shape index (κ3) is 3.71. The summed E-state index contributed by atoms with van der Waals surface area (Å²) in [6.07, 6.45) is 5.39. The van der Waals surface area contributed by atoms with Gasteiger partial charge in [0.1, 0.15) is 0 Å². The maximum Gasteiger partial charge on any atom is 0.271 e. The lowest BCUT2D eigenvalue weighted by molar-refractivity contribution is 0.0941. The van der Waals surface area contributed by atoms with Crippen LogP contribution in [0.3, 0.4) is 0 Å². The molecule has 1 saturated carbocycles. The molecule has 0 bridgehead atoms. The Bertz CT molecular complexity index is 881. The molecule has 8 heteroatoms. The maximum atomic E-state index is 12.6. The highest BCUT2D eigenvalue weighted by atomic mass is 32.2. The SMILES string of the molecule is O=C(NCC1CCCC1)c1cc(-c2cccs2)n(C2CCS(=O)(=O)C2)n1. The molecule has 1 unspecified atom stereocenters. The minimum absolute atomic E-state index is 0.0934.